The molecule has 0 N–H and O–H groups in total. The summed E-state index contributed by atoms with van der Waals surface area (Å²) in [5.74, 6) is 0.112. The first-order valence-corrected chi connectivity index (χ1v) is 8.96. The highest BCUT2D eigenvalue weighted by Crippen LogP contribution is 2.29. The second-order valence-electron chi connectivity index (χ2n) is 7.11. The topological polar surface area (TPSA) is 55.2 Å². The van der Waals surface area contributed by atoms with Crippen molar-refractivity contribution in [2.75, 3.05) is 11.4 Å². The molecule has 1 aromatic heterocycles. The average Bonchev–Trinajstić information content (AvgIpc) is 3.07. The summed E-state index contributed by atoms with van der Waals surface area (Å²) in [5.41, 5.74) is 2.30. The van der Waals surface area contributed by atoms with Gasteiger partial charge in [-0.1, -0.05) is 50.2 Å². The van der Waals surface area contributed by atoms with Gasteiger partial charge in [0.15, 0.2) is 5.69 Å². The quantitative estimate of drug-likeness (QED) is 0.731. The van der Waals surface area contributed by atoms with E-state index in [0.717, 1.165) is 12.1 Å². The van der Waals surface area contributed by atoms with Crippen molar-refractivity contribution >= 4 is 22.4 Å². The third-order valence-corrected chi connectivity index (χ3v) is 4.74. The van der Waals surface area contributed by atoms with Crippen LogP contribution in [0.15, 0.2) is 53.3 Å². The van der Waals surface area contributed by atoms with Crippen molar-refractivity contribution in [1.82, 2.24) is 9.78 Å². The van der Waals surface area contributed by atoms with Crippen LogP contribution in [0.4, 0.5) is 5.69 Å². The average molecular weight is 347 g/mol. The molecule has 0 aliphatic carbocycles. The maximum Gasteiger partial charge on any atom is 0.279 e. The molecule has 0 unspecified atom stereocenters. The maximum atomic E-state index is 13.3. The number of amides is 1. The molecule has 0 saturated carbocycles. The van der Waals surface area contributed by atoms with Crippen molar-refractivity contribution < 1.29 is 4.79 Å². The van der Waals surface area contributed by atoms with Crippen molar-refractivity contribution in [1.29, 1.82) is 0 Å². The van der Waals surface area contributed by atoms with Crippen LogP contribution in [-0.2, 0) is 13.0 Å². The third kappa shape index (κ3) is 2.69. The minimum Gasteiger partial charge on any atom is -0.306 e. The molecule has 0 radical (unpaired) electrons. The molecule has 1 amide bonds. The molecule has 2 heterocycles. The first kappa shape index (κ1) is 16.5. The first-order chi connectivity index (χ1) is 12.6. The molecule has 5 heteroatoms. The molecule has 2 aromatic carbocycles. The zero-order valence-corrected chi connectivity index (χ0v) is 15.0. The molecule has 26 heavy (non-hydrogen) atoms. The number of hydrogen-bond donors (Lipinski definition) is 0. The van der Waals surface area contributed by atoms with Gasteiger partial charge in [-0.15, -0.1) is 0 Å². The number of benzene rings is 2. The number of hydrogen-bond acceptors (Lipinski definition) is 3. The Morgan fingerprint density at radius 1 is 1.08 bits per heavy atom. The number of carbonyl (C=O) groups excluding carboxylic acids is 1. The Kier molecular flexibility index (Phi) is 4.07. The van der Waals surface area contributed by atoms with Crippen molar-refractivity contribution in [2.45, 2.75) is 26.8 Å². The second-order valence-corrected chi connectivity index (χ2v) is 7.11. The Morgan fingerprint density at radius 3 is 2.54 bits per heavy atom. The fraction of sp³-hybridized carbons (Fsp3) is 0.286. The van der Waals surface area contributed by atoms with Crippen molar-refractivity contribution in [3.05, 3.63) is 70.1 Å². The number of para-hydroxylation sites is 1. The van der Waals surface area contributed by atoms with Crippen molar-refractivity contribution in [3.8, 4) is 0 Å². The van der Waals surface area contributed by atoms with Crippen LogP contribution < -0.4 is 10.5 Å². The Hall–Kier alpha value is -2.95. The fourth-order valence-electron chi connectivity index (χ4n) is 3.54. The predicted molar refractivity (Wildman–Crippen MR) is 103 cm³/mol. The van der Waals surface area contributed by atoms with E-state index in [1.807, 2.05) is 50.2 Å². The Balaban J connectivity index is 1.87. The number of aromatic nitrogens is 2. The van der Waals surface area contributed by atoms with Crippen LogP contribution in [0.2, 0.25) is 0 Å². The van der Waals surface area contributed by atoms with Gasteiger partial charge in [-0.05, 0) is 30.0 Å². The van der Waals surface area contributed by atoms with Gasteiger partial charge in [-0.3, -0.25) is 9.59 Å². The van der Waals surface area contributed by atoms with Gasteiger partial charge in [0, 0.05) is 24.2 Å². The van der Waals surface area contributed by atoms with Gasteiger partial charge in [0.1, 0.15) is 0 Å². The lowest BCUT2D eigenvalue weighted by molar-refractivity contribution is 0.0984. The van der Waals surface area contributed by atoms with Gasteiger partial charge in [0.25, 0.3) is 11.5 Å². The molecule has 4 rings (SSSR count). The van der Waals surface area contributed by atoms with Crippen LogP contribution in [0.25, 0.3) is 10.8 Å². The largest absolute Gasteiger partial charge is 0.306 e. The summed E-state index contributed by atoms with van der Waals surface area (Å²) in [6, 6.07) is 15.2. The number of fused-ring (bicyclic) bond motifs is 2. The Morgan fingerprint density at radius 2 is 1.77 bits per heavy atom. The summed E-state index contributed by atoms with van der Waals surface area (Å²) in [6.45, 7) is 5.18. The van der Waals surface area contributed by atoms with Crippen LogP contribution in [-0.4, -0.2) is 22.2 Å². The van der Waals surface area contributed by atoms with E-state index >= 15 is 0 Å². The van der Waals surface area contributed by atoms with Gasteiger partial charge in [-0.2, -0.15) is 5.10 Å². The molecule has 0 atom stereocenters. The molecule has 5 nitrogen and oxygen atoms in total. The highest BCUT2D eigenvalue weighted by atomic mass is 16.2. The van der Waals surface area contributed by atoms with Gasteiger partial charge >= 0.3 is 0 Å². The number of carbonyl (C=O) groups is 1. The lowest BCUT2D eigenvalue weighted by Gasteiger charge is -2.19. The van der Waals surface area contributed by atoms with Gasteiger partial charge in [0.2, 0.25) is 0 Å². The highest BCUT2D eigenvalue weighted by Gasteiger charge is 2.28. The molecule has 1 aliphatic rings. The molecule has 0 bridgehead atoms. The number of nitrogens with zero attached hydrogens (tertiary/aromatic N) is 3. The molecular formula is C21H21N3O2. The summed E-state index contributed by atoms with van der Waals surface area (Å²) >= 11 is 0. The van der Waals surface area contributed by atoms with Crippen LogP contribution in [0.3, 0.4) is 0 Å². The SMILES string of the molecule is CC(C)Cn1nc(C(=O)N2CCc3ccccc32)c2ccccc2c1=O. The first-order valence-electron chi connectivity index (χ1n) is 8.96. The normalized spacial score (nSPS) is 13.4. The Labute approximate surface area is 151 Å². The lowest BCUT2D eigenvalue weighted by atomic mass is 10.1. The van der Waals surface area contributed by atoms with E-state index in [9.17, 15) is 9.59 Å². The summed E-state index contributed by atoms with van der Waals surface area (Å²) in [6.07, 6.45) is 0.839. The molecule has 1 aliphatic heterocycles. The predicted octanol–water partition coefficient (Wildman–Crippen LogP) is 3.26. The lowest BCUT2D eigenvalue weighted by Crippen LogP contribution is -2.34. The van der Waals surface area contributed by atoms with Crippen LogP contribution in [0, 0.1) is 5.92 Å². The van der Waals surface area contributed by atoms with E-state index in [1.54, 1.807) is 17.0 Å². The second kappa shape index (κ2) is 6.41. The molecular weight excluding hydrogens is 326 g/mol. The third-order valence-electron chi connectivity index (χ3n) is 4.74. The zero-order valence-electron chi connectivity index (χ0n) is 15.0. The van der Waals surface area contributed by atoms with Gasteiger partial charge in [0.05, 0.1) is 5.39 Å². The van der Waals surface area contributed by atoms with Crippen LogP contribution in [0.1, 0.15) is 29.9 Å². The molecule has 0 saturated heterocycles. The number of rotatable bonds is 3. The minimum absolute atomic E-state index is 0.146. The van der Waals surface area contributed by atoms with E-state index in [-0.39, 0.29) is 17.4 Å². The van der Waals surface area contributed by atoms with Crippen molar-refractivity contribution in [2.24, 2.45) is 5.92 Å². The van der Waals surface area contributed by atoms with Gasteiger partial charge in [-0.25, -0.2) is 4.68 Å². The van der Waals surface area contributed by atoms with Gasteiger partial charge < -0.3 is 4.90 Å². The van der Waals surface area contributed by atoms with E-state index in [4.69, 9.17) is 0 Å². The number of anilines is 1. The monoisotopic (exact) mass is 347 g/mol. The molecule has 132 valence electrons. The summed E-state index contributed by atoms with van der Waals surface area (Å²) in [7, 11) is 0. The van der Waals surface area contributed by atoms with Crippen molar-refractivity contribution in [3.63, 3.8) is 0 Å². The standard InChI is InChI=1S/C21H21N3O2/c1-14(2)13-24-20(25)17-9-5-4-8-16(17)19(22-24)21(26)23-12-11-15-7-3-6-10-18(15)23/h3-10,14H,11-13H2,1-2H3. The fourth-order valence-corrected chi connectivity index (χ4v) is 3.54. The zero-order chi connectivity index (χ0) is 18.3. The minimum atomic E-state index is -0.149. The van der Waals surface area contributed by atoms with Crippen LogP contribution in [0.5, 0.6) is 0 Å². The van der Waals surface area contributed by atoms with Crippen LogP contribution >= 0.6 is 0 Å². The van der Waals surface area contributed by atoms with E-state index in [0.29, 0.717) is 29.6 Å². The summed E-state index contributed by atoms with van der Waals surface area (Å²) < 4.78 is 1.43. The highest BCUT2D eigenvalue weighted by molar-refractivity contribution is 6.13. The van der Waals surface area contributed by atoms with E-state index in [1.165, 1.54) is 10.2 Å². The summed E-state index contributed by atoms with van der Waals surface area (Å²) in [4.78, 5) is 27.8. The van der Waals surface area contributed by atoms with E-state index < -0.39 is 0 Å². The maximum absolute atomic E-state index is 13.3. The molecule has 3 aromatic rings. The summed E-state index contributed by atoms with van der Waals surface area (Å²) in [5, 5.41) is 5.63. The smallest absolute Gasteiger partial charge is 0.279 e. The molecule has 0 fully saturated rings. The van der Waals surface area contributed by atoms with E-state index in [2.05, 4.69) is 5.10 Å². The Bertz CT molecular complexity index is 1050. The molecule has 0 spiro atoms.